The van der Waals surface area contributed by atoms with E-state index in [1.165, 1.54) is 7.11 Å². The number of azide groups is 1. The molecule has 1 aromatic rings. The number of aromatic nitrogens is 2. The van der Waals surface area contributed by atoms with E-state index in [0.29, 0.717) is 19.5 Å². The molecule has 1 aromatic heterocycles. The van der Waals surface area contributed by atoms with Crippen molar-refractivity contribution >= 4 is 5.97 Å². The summed E-state index contributed by atoms with van der Waals surface area (Å²) in [6, 6.07) is -0.555. The number of carbonyl (C=O) groups excluding carboxylic acids is 1. The molecule has 8 heteroatoms. The molecule has 1 rings (SSSR count). The molecule has 0 fully saturated rings. The summed E-state index contributed by atoms with van der Waals surface area (Å²) in [5.41, 5.74) is 8.98. The Morgan fingerprint density at radius 3 is 3.15 bits per heavy atom. The quantitative estimate of drug-likeness (QED) is 0.245. The summed E-state index contributed by atoms with van der Waals surface area (Å²) >= 11 is 0. The highest BCUT2D eigenvalue weighted by Crippen LogP contribution is 2.15. The molecule has 0 aliphatic rings. The number of aryl methyl sites for hydroxylation is 1. The van der Waals surface area contributed by atoms with Gasteiger partial charge in [-0.15, -0.1) is 0 Å². The fourth-order valence-electron chi connectivity index (χ4n) is 1.87. The lowest BCUT2D eigenvalue weighted by Crippen LogP contribution is -2.32. The standard InChI is InChI=1S/C12H20N6O2/c1-3-7-18-9-14-8-10(18)11(12(19)20-2)15-5-4-6-16-17-13/h8-9,11,15H,3-7H2,1-2H3. The van der Waals surface area contributed by atoms with Crippen LogP contribution in [0, 0.1) is 0 Å². The van der Waals surface area contributed by atoms with Crippen LogP contribution in [-0.2, 0) is 16.1 Å². The molecular weight excluding hydrogens is 260 g/mol. The van der Waals surface area contributed by atoms with E-state index in [0.717, 1.165) is 18.7 Å². The zero-order valence-electron chi connectivity index (χ0n) is 11.8. The van der Waals surface area contributed by atoms with Crippen LogP contribution in [0.4, 0.5) is 0 Å². The lowest BCUT2D eigenvalue weighted by atomic mass is 10.2. The van der Waals surface area contributed by atoms with Crippen LogP contribution in [0.2, 0.25) is 0 Å². The molecule has 1 N–H and O–H groups in total. The second-order valence-electron chi connectivity index (χ2n) is 4.23. The van der Waals surface area contributed by atoms with Gasteiger partial charge in [-0.05, 0) is 24.9 Å². The SMILES string of the molecule is CCCn1cncc1C(NCCCN=[N+]=[N-])C(=O)OC. The normalized spacial score (nSPS) is 11.7. The number of hydrogen-bond donors (Lipinski definition) is 1. The number of ether oxygens (including phenoxy) is 1. The smallest absolute Gasteiger partial charge is 0.329 e. The fraction of sp³-hybridized carbons (Fsp3) is 0.667. The van der Waals surface area contributed by atoms with E-state index in [9.17, 15) is 4.79 Å². The molecule has 0 bridgehead atoms. The largest absolute Gasteiger partial charge is 0.468 e. The van der Waals surface area contributed by atoms with Crippen molar-refractivity contribution in [1.82, 2.24) is 14.9 Å². The Morgan fingerprint density at radius 1 is 1.70 bits per heavy atom. The minimum atomic E-state index is -0.555. The van der Waals surface area contributed by atoms with E-state index in [2.05, 4.69) is 27.3 Å². The van der Waals surface area contributed by atoms with Crippen LogP contribution in [0.1, 0.15) is 31.5 Å². The molecule has 1 unspecified atom stereocenters. The van der Waals surface area contributed by atoms with Crippen LogP contribution in [0.5, 0.6) is 0 Å². The number of nitrogens with zero attached hydrogens (tertiary/aromatic N) is 5. The average Bonchev–Trinajstić information content (AvgIpc) is 2.90. The van der Waals surface area contributed by atoms with E-state index in [-0.39, 0.29) is 5.97 Å². The monoisotopic (exact) mass is 280 g/mol. The van der Waals surface area contributed by atoms with Crippen molar-refractivity contribution in [3.05, 3.63) is 28.7 Å². The number of hydrogen-bond acceptors (Lipinski definition) is 5. The second-order valence-corrected chi connectivity index (χ2v) is 4.23. The number of esters is 1. The predicted octanol–water partition coefficient (Wildman–Crippen LogP) is 1.80. The molecule has 110 valence electrons. The van der Waals surface area contributed by atoms with E-state index in [4.69, 9.17) is 10.3 Å². The van der Waals surface area contributed by atoms with Gasteiger partial charge >= 0.3 is 5.97 Å². The number of nitrogens with one attached hydrogen (secondary N) is 1. The third-order valence-corrected chi connectivity index (χ3v) is 2.79. The third kappa shape index (κ3) is 4.56. The Balaban J connectivity index is 2.70. The summed E-state index contributed by atoms with van der Waals surface area (Å²) in [6.07, 6.45) is 4.97. The number of carbonyl (C=O) groups is 1. The summed E-state index contributed by atoms with van der Waals surface area (Å²) in [4.78, 5) is 18.6. The molecule has 0 aliphatic heterocycles. The van der Waals surface area contributed by atoms with E-state index in [1.807, 2.05) is 4.57 Å². The van der Waals surface area contributed by atoms with Crippen molar-refractivity contribution in [3.63, 3.8) is 0 Å². The molecule has 1 heterocycles. The lowest BCUT2D eigenvalue weighted by molar-refractivity contribution is -0.143. The Bertz CT molecular complexity index is 466. The van der Waals surface area contributed by atoms with Crippen LogP contribution in [0.25, 0.3) is 10.4 Å². The van der Waals surface area contributed by atoms with Crippen molar-refractivity contribution in [2.24, 2.45) is 5.11 Å². The van der Waals surface area contributed by atoms with Gasteiger partial charge in [-0.2, -0.15) is 0 Å². The van der Waals surface area contributed by atoms with Gasteiger partial charge in [-0.25, -0.2) is 9.78 Å². The molecule has 0 aliphatic carbocycles. The van der Waals surface area contributed by atoms with Crippen molar-refractivity contribution in [3.8, 4) is 0 Å². The van der Waals surface area contributed by atoms with Crippen LogP contribution in [0.3, 0.4) is 0 Å². The molecule has 8 nitrogen and oxygen atoms in total. The number of methoxy groups -OCH3 is 1. The molecule has 0 aromatic carbocycles. The van der Waals surface area contributed by atoms with Crippen molar-refractivity contribution in [2.75, 3.05) is 20.2 Å². The van der Waals surface area contributed by atoms with Gasteiger partial charge < -0.3 is 9.30 Å². The highest BCUT2D eigenvalue weighted by Gasteiger charge is 2.23. The summed E-state index contributed by atoms with van der Waals surface area (Å²) in [7, 11) is 1.36. The Hall–Kier alpha value is -2.05. The topological polar surface area (TPSA) is 105 Å². The van der Waals surface area contributed by atoms with E-state index >= 15 is 0 Å². The Labute approximate surface area is 117 Å². The molecule has 1 atom stereocenters. The van der Waals surface area contributed by atoms with Crippen LogP contribution in [0.15, 0.2) is 17.6 Å². The minimum Gasteiger partial charge on any atom is -0.468 e. The molecule has 0 spiro atoms. The average molecular weight is 280 g/mol. The van der Waals surface area contributed by atoms with Crippen molar-refractivity contribution in [2.45, 2.75) is 32.4 Å². The third-order valence-electron chi connectivity index (χ3n) is 2.79. The highest BCUT2D eigenvalue weighted by molar-refractivity contribution is 5.76. The van der Waals surface area contributed by atoms with Crippen LogP contribution >= 0.6 is 0 Å². The lowest BCUT2D eigenvalue weighted by Gasteiger charge is -2.18. The molecular formula is C12H20N6O2. The Kier molecular flexibility index (Phi) is 7.16. The van der Waals surface area contributed by atoms with Crippen LogP contribution < -0.4 is 5.32 Å². The molecule has 0 saturated carbocycles. The van der Waals surface area contributed by atoms with Gasteiger partial charge in [0.25, 0.3) is 0 Å². The summed E-state index contributed by atoms with van der Waals surface area (Å²) in [5.74, 6) is -0.355. The zero-order valence-corrected chi connectivity index (χ0v) is 11.8. The van der Waals surface area contributed by atoms with Gasteiger partial charge in [0.2, 0.25) is 0 Å². The summed E-state index contributed by atoms with van der Waals surface area (Å²) in [5, 5.41) is 6.56. The highest BCUT2D eigenvalue weighted by atomic mass is 16.5. The predicted molar refractivity (Wildman–Crippen MR) is 73.9 cm³/mol. The van der Waals surface area contributed by atoms with Crippen molar-refractivity contribution < 1.29 is 9.53 Å². The van der Waals surface area contributed by atoms with Gasteiger partial charge in [0, 0.05) is 18.0 Å². The van der Waals surface area contributed by atoms with Gasteiger partial charge in [0.15, 0.2) is 0 Å². The van der Waals surface area contributed by atoms with Crippen molar-refractivity contribution in [1.29, 1.82) is 0 Å². The number of rotatable bonds is 9. The molecule has 20 heavy (non-hydrogen) atoms. The minimum absolute atomic E-state index is 0.355. The van der Waals surface area contributed by atoms with E-state index in [1.54, 1.807) is 12.5 Å². The van der Waals surface area contributed by atoms with Gasteiger partial charge in [0.1, 0.15) is 6.04 Å². The zero-order chi connectivity index (χ0) is 14.8. The summed E-state index contributed by atoms with van der Waals surface area (Å²) in [6.45, 7) is 3.80. The first-order chi connectivity index (χ1) is 9.74. The summed E-state index contributed by atoms with van der Waals surface area (Å²) < 4.78 is 6.76. The maximum atomic E-state index is 11.9. The van der Waals surface area contributed by atoms with E-state index < -0.39 is 6.04 Å². The van der Waals surface area contributed by atoms with Gasteiger partial charge in [-0.3, -0.25) is 5.32 Å². The Morgan fingerprint density at radius 2 is 2.50 bits per heavy atom. The fourth-order valence-corrected chi connectivity index (χ4v) is 1.87. The molecule has 0 saturated heterocycles. The number of imidazole rings is 1. The van der Waals surface area contributed by atoms with Gasteiger partial charge in [0.05, 0.1) is 25.3 Å². The maximum Gasteiger partial charge on any atom is 0.329 e. The molecule has 0 amide bonds. The first-order valence-electron chi connectivity index (χ1n) is 6.56. The maximum absolute atomic E-state index is 11.9. The first kappa shape index (κ1) is 16.0. The first-order valence-corrected chi connectivity index (χ1v) is 6.56. The molecule has 0 radical (unpaired) electrons. The van der Waals surface area contributed by atoms with Crippen LogP contribution in [-0.4, -0.2) is 35.7 Å². The second kappa shape index (κ2) is 8.95. The van der Waals surface area contributed by atoms with Gasteiger partial charge in [-0.1, -0.05) is 12.0 Å².